The molecule has 0 rings (SSSR count). The van der Waals surface area contributed by atoms with E-state index in [1.165, 1.54) is 0 Å². The van der Waals surface area contributed by atoms with Crippen LogP contribution in [0.5, 0.6) is 0 Å². The van der Waals surface area contributed by atoms with E-state index in [1.54, 1.807) is 0 Å². The van der Waals surface area contributed by atoms with Gasteiger partial charge in [0.2, 0.25) is 0 Å². The lowest BCUT2D eigenvalue weighted by Gasteiger charge is -2.37. The standard InChI is InChI=1S/C10H27NSi2/c1-8(2)11(9(3)4)13-10(5,6)12-7/h8-9H,12-13H2,1-7H3. The van der Waals surface area contributed by atoms with Crippen molar-refractivity contribution in [2.75, 3.05) is 0 Å². The Bertz CT molecular complexity index is 136. The molecule has 0 bridgehead atoms. The third-order valence-corrected chi connectivity index (χ3v) is 9.66. The zero-order valence-corrected chi connectivity index (χ0v) is 13.3. The summed E-state index contributed by atoms with van der Waals surface area (Å²) in [6.07, 6.45) is 0. The van der Waals surface area contributed by atoms with E-state index in [9.17, 15) is 0 Å². The van der Waals surface area contributed by atoms with Gasteiger partial charge in [0.15, 0.2) is 0 Å². The van der Waals surface area contributed by atoms with Crippen LogP contribution in [-0.2, 0) is 0 Å². The normalized spacial score (nSPS) is 15.2. The van der Waals surface area contributed by atoms with Crippen molar-refractivity contribution >= 4 is 19.2 Å². The molecule has 0 radical (unpaired) electrons. The molecule has 0 aromatic rings. The van der Waals surface area contributed by atoms with Crippen LogP contribution in [-0.4, -0.2) is 35.8 Å². The predicted molar refractivity (Wildman–Crippen MR) is 69.1 cm³/mol. The largest absolute Gasteiger partial charge is 0.325 e. The summed E-state index contributed by atoms with van der Waals surface area (Å²) in [6, 6.07) is 1.48. The van der Waals surface area contributed by atoms with Gasteiger partial charge in [0.25, 0.3) is 0 Å². The van der Waals surface area contributed by atoms with E-state index in [2.05, 4.69) is 52.7 Å². The SMILES string of the molecule is C[SiH2]C(C)(C)[SiH2]N(C(C)C)C(C)C. The summed E-state index contributed by atoms with van der Waals surface area (Å²) in [4.78, 5) is 0. The van der Waals surface area contributed by atoms with Crippen LogP contribution < -0.4 is 0 Å². The van der Waals surface area contributed by atoms with Crippen LogP contribution in [0, 0.1) is 0 Å². The highest BCUT2D eigenvalue weighted by molar-refractivity contribution is 6.59. The molecule has 0 aromatic heterocycles. The van der Waals surface area contributed by atoms with Gasteiger partial charge in [-0.2, -0.15) is 0 Å². The van der Waals surface area contributed by atoms with Crippen LogP contribution >= 0.6 is 0 Å². The maximum absolute atomic E-state index is 2.75. The average molecular weight is 218 g/mol. The van der Waals surface area contributed by atoms with Crippen LogP contribution in [0.1, 0.15) is 41.5 Å². The minimum Gasteiger partial charge on any atom is -0.325 e. The first-order valence-electron chi connectivity index (χ1n) is 5.56. The first-order valence-corrected chi connectivity index (χ1v) is 9.02. The van der Waals surface area contributed by atoms with Crippen LogP contribution in [0.2, 0.25) is 11.2 Å². The Labute approximate surface area is 89.0 Å². The van der Waals surface area contributed by atoms with E-state index < -0.39 is 0 Å². The number of rotatable bonds is 5. The molecule has 0 amide bonds. The van der Waals surface area contributed by atoms with Crippen molar-refractivity contribution in [1.29, 1.82) is 0 Å². The Morgan fingerprint density at radius 3 is 1.62 bits per heavy atom. The van der Waals surface area contributed by atoms with Gasteiger partial charge in [-0.05, 0) is 16.7 Å². The molecule has 0 N–H and O–H groups in total. The van der Waals surface area contributed by atoms with Gasteiger partial charge in [0, 0.05) is 9.52 Å². The number of hydrogen-bond donors (Lipinski definition) is 0. The van der Waals surface area contributed by atoms with Gasteiger partial charge in [-0.3, -0.25) is 0 Å². The van der Waals surface area contributed by atoms with E-state index in [0.29, 0.717) is 0 Å². The van der Waals surface area contributed by atoms with Crippen LogP contribution in [0.15, 0.2) is 0 Å². The molecule has 0 aromatic carbocycles. The summed E-state index contributed by atoms with van der Waals surface area (Å²) in [5.41, 5.74) is 0. The second-order valence-corrected chi connectivity index (χ2v) is 12.0. The molecule has 0 saturated heterocycles. The third-order valence-electron chi connectivity index (χ3n) is 2.89. The molecule has 0 fully saturated rings. The van der Waals surface area contributed by atoms with Gasteiger partial charge in [-0.1, -0.05) is 48.1 Å². The van der Waals surface area contributed by atoms with Crippen molar-refractivity contribution in [3.05, 3.63) is 0 Å². The van der Waals surface area contributed by atoms with Gasteiger partial charge >= 0.3 is 0 Å². The summed E-state index contributed by atoms with van der Waals surface area (Å²) in [5, 5.41) is 0. The molecule has 0 heterocycles. The minimum absolute atomic E-state index is 0.0467. The smallest absolute Gasteiger partial charge is 0.0981 e. The molecule has 0 saturated carbocycles. The van der Waals surface area contributed by atoms with Crippen molar-refractivity contribution in [3.63, 3.8) is 0 Å². The van der Waals surface area contributed by atoms with Gasteiger partial charge in [0.1, 0.15) is 0 Å². The highest BCUT2D eigenvalue weighted by Gasteiger charge is 2.24. The predicted octanol–water partition coefficient (Wildman–Crippen LogP) is 1.56. The Kier molecular flexibility index (Phi) is 5.48. The van der Waals surface area contributed by atoms with Gasteiger partial charge in [-0.25, -0.2) is 0 Å². The molecule has 0 atom stereocenters. The van der Waals surface area contributed by atoms with Gasteiger partial charge < -0.3 is 4.57 Å². The molecule has 0 spiro atoms. The van der Waals surface area contributed by atoms with Crippen molar-refractivity contribution in [3.8, 4) is 0 Å². The number of nitrogens with zero attached hydrogens (tertiary/aromatic N) is 1. The van der Waals surface area contributed by atoms with Crippen molar-refractivity contribution in [2.45, 2.75) is 64.8 Å². The Balaban J connectivity index is 4.26. The summed E-state index contributed by atoms with van der Waals surface area (Å²) < 4.78 is 3.48. The van der Waals surface area contributed by atoms with E-state index in [-0.39, 0.29) is 19.2 Å². The van der Waals surface area contributed by atoms with E-state index >= 15 is 0 Å². The highest BCUT2D eigenvalue weighted by atomic mass is 28.3. The molecular formula is C10H27NSi2. The van der Waals surface area contributed by atoms with Gasteiger partial charge in [0.05, 0.1) is 9.68 Å². The molecule has 0 aliphatic carbocycles. The molecule has 0 unspecified atom stereocenters. The lowest BCUT2D eigenvalue weighted by atomic mass is 10.3. The number of hydrogen-bond acceptors (Lipinski definition) is 1. The first-order chi connectivity index (χ1) is 5.80. The summed E-state index contributed by atoms with van der Waals surface area (Å²) in [6.45, 7) is 16.7. The zero-order chi connectivity index (χ0) is 10.6. The lowest BCUT2D eigenvalue weighted by Crippen LogP contribution is -2.45. The summed E-state index contributed by atoms with van der Waals surface area (Å²) in [5.74, 6) is 0. The molecule has 0 aliphatic heterocycles. The second kappa shape index (κ2) is 5.32. The molecule has 0 aliphatic rings. The molecule has 1 nitrogen and oxygen atoms in total. The Hall–Kier alpha value is 0.394. The van der Waals surface area contributed by atoms with E-state index in [0.717, 1.165) is 16.7 Å². The molecule has 13 heavy (non-hydrogen) atoms. The maximum Gasteiger partial charge on any atom is 0.0981 e. The lowest BCUT2D eigenvalue weighted by molar-refractivity contribution is 0.306. The Morgan fingerprint density at radius 1 is 1.00 bits per heavy atom. The highest BCUT2D eigenvalue weighted by Crippen LogP contribution is 2.23. The van der Waals surface area contributed by atoms with E-state index in [1.807, 2.05) is 0 Å². The van der Waals surface area contributed by atoms with Crippen LogP contribution in [0.3, 0.4) is 0 Å². The van der Waals surface area contributed by atoms with Crippen molar-refractivity contribution in [1.82, 2.24) is 4.57 Å². The third kappa shape index (κ3) is 4.98. The topological polar surface area (TPSA) is 3.24 Å². The van der Waals surface area contributed by atoms with E-state index in [4.69, 9.17) is 0 Å². The fourth-order valence-corrected chi connectivity index (χ4v) is 4.96. The molecule has 80 valence electrons. The van der Waals surface area contributed by atoms with Crippen molar-refractivity contribution in [2.24, 2.45) is 0 Å². The quantitative estimate of drug-likeness (QED) is 0.632. The maximum atomic E-state index is 2.75. The minimum atomic E-state index is -0.0467. The summed E-state index contributed by atoms with van der Waals surface area (Å²) in [7, 11) is 0.109. The monoisotopic (exact) mass is 217 g/mol. The molecule has 3 heteroatoms. The van der Waals surface area contributed by atoms with Crippen LogP contribution in [0.4, 0.5) is 0 Å². The van der Waals surface area contributed by atoms with Crippen molar-refractivity contribution < 1.29 is 0 Å². The fourth-order valence-electron chi connectivity index (χ4n) is 1.57. The first kappa shape index (κ1) is 13.4. The summed E-state index contributed by atoms with van der Waals surface area (Å²) >= 11 is 0. The van der Waals surface area contributed by atoms with Crippen LogP contribution in [0.25, 0.3) is 0 Å². The molecular weight excluding hydrogens is 190 g/mol. The average Bonchev–Trinajstić information content (AvgIpc) is 1.99. The Morgan fingerprint density at radius 2 is 1.38 bits per heavy atom. The second-order valence-electron chi connectivity index (χ2n) is 5.38. The van der Waals surface area contributed by atoms with Gasteiger partial charge in [-0.15, -0.1) is 0 Å². The fraction of sp³-hybridized carbons (Fsp3) is 1.00. The zero-order valence-electron chi connectivity index (χ0n) is 10.5.